The van der Waals surface area contributed by atoms with Crippen molar-refractivity contribution in [2.24, 2.45) is 0 Å². The monoisotopic (exact) mass is 234 g/mol. The third kappa shape index (κ3) is 2.55. The number of H-pyrrole nitrogens is 1. The third-order valence-electron chi connectivity index (χ3n) is 2.60. The first-order chi connectivity index (χ1) is 8.20. The highest BCUT2D eigenvalue weighted by Crippen LogP contribution is 2.25. The molecule has 0 amide bonds. The summed E-state index contributed by atoms with van der Waals surface area (Å²) in [5.74, 6) is 0.510. The summed E-state index contributed by atoms with van der Waals surface area (Å²) in [6.07, 6.45) is 4.33. The number of nitrogen functional groups attached to an aromatic ring is 1. The van der Waals surface area contributed by atoms with E-state index >= 15 is 0 Å². The van der Waals surface area contributed by atoms with E-state index in [1.54, 1.807) is 18.5 Å². The molecule has 4 nitrogen and oxygen atoms in total. The van der Waals surface area contributed by atoms with Gasteiger partial charge in [0.05, 0.1) is 17.4 Å². The van der Waals surface area contributed by atoms with E-state index in [0.717, 1.165) is 17.9 Å². The van der Waals surface area contributed by atoms with Crippen molar-refractivity contribution in [1.29, 1.82) is 0 Å². The fourth-order valence-corrected chi connectivity index (χ4v) is 1.68. The molecule has 0 aliphatic carbocycles. The molecule has 0 aliphatic heterocycles. The second-order valence-corrected chi connectivity index (χ2v) is 3.81. The molecule has 2 rings (SSSR count). The number of hydrogen-bond donors (Lipinski definition) is 3. The van der Waals surface area contributed by atoms with Gasteiger partial charge in [-0.3, -0.25) is 0 Å². The van der Waals surface area contributed by atoms with Crippen LogP contribution in [0, 0.1) is 5.82 Å². The highest BCUT2D eigenvalue weighted by Gasteiger charge is 2.12. The first-order valence-electron chi connectivity index (χ1n) is 5.51. The van der Waals surface area contributed by atoms with E-state index in [-0.39, 0.29) is 11.9 Å². The van der Waals surface area contributed by atoms with Gasteiger partial charge >= 0.3 is 0 Å². The number of aromatic nitrogens is 2. The molecule has 4 N–H and O–H groups in total. The van der Waals surface area contributed by atoms with Crippen molar-refractivity contribution in [3.63, 3.8) is 0 Å². The molecule has 0 saturated heterocycles. The van der Waals surface area contributed by atoms with Gasteiger partial charge in [0.15, 0.2) is 0 Å². The molecule has 0 radical (unpaired) electrons. The molecule has 1 heterocycles. The maximum absolute atomic E-state index is 12.9. The highest BCUT2D eigenvalue weighted by atomic mass is 19.1. The lowest BCUT2D eigenvalue weighted by atomic mass is 10.2. The Hall–Kier alpha value is -2.04. The summed E-state index contributed by atoms with van der Waals surface area (Å²) in [6, 6.07) is 4.36. The van der Waals surface area contributed by atoms with Crippen LogP contribution in [0.2, 0.25) is 0 Å². The van der Waals surface area contributed by atoms with E-state index < -0.39 is 0 Å². The number of nitrogens with zero attached hydrogens (tertiary/aromatic N) is 1. The quantitative estimate of drug-likeness (QED) is 0.712. The molecule has 17 heavy (non-hydrogen) atoms. The van der Waals surface area contributed by atoms with Crippen LogP contribution in [-0.2, 0) is 0 Å². The van der Waals surface area contributed by atoms with Gasteiger partial charge in [-0.2, -0.15) is 0 Å². The van der Waals surface area contributed by atoms with E-state index in [0.29, 0.717) is 5.69 Å². The molecule has 0 saturated carbocycles. The molecule has 2 aromatic rings. The molecule has 0 aliphatic rings. The number of imidazole rings is 1. The van der Waals surface area contributed by atoms with Gasteiger partial charge in [-0.1, -0.05) is 6.92 Å². The zero-order chi connectivity index (χ0) is 12.3. The first-order valence-corrected chi connectivity index (χ1v) is 5.51. The fourth-order valence-electron chi connectivity index (χ4n) is 1.68. The van der Waals surface area contributed by atoms with Crippen LogP contribution in [0.4, 0.5) is 15.8 Å². The van der Waals surface area contributed by atoms with Crippen molar-refractivity contribution < 1.29 is 4.39 Å². The Kier molecular flexibility index (Phi) is 3.27. The van der Waals surface area contributed by atoms with Crippen LogP contribution in [0.15, 0.2) is 30.6 Å². The van der Waals surface area contributed by atoms with E-state index in [2.05, 4.69) is 15.3 Å². The van der Waals surface area contributed by atoms with Crippen molar-refractivity contribution in [2.75, 3.05) is 11.1 Å². The Labute approximate surface area is 99.1 Å². The maximum Gasteiger partial charge on any atom is 0.128 e. The average Bonchev–Trinajstić information content (AvgIpc) is 2.81. The fraction of sp³-hybridized carbons (Fsp3) is 0.250. The van der Waals surface area contributed by atoms with Crippen molar-refractivity contribution in [3.05, 3.63) is 42.2 Å². The molecule has 1 aromatic heterocycles. The minimum absolute atomic E-state index is 0.0396. The SMILES string of the molecule is CCC(Nc1ccc(F)cc1N)c1ncc[nH]1. The van der Waals surface area contributed by atoms with E-state index in [9.17, 15) is 4.39 Å². The Balaban J connectivity index is 2.19. The molecule has 0 fully saturated rings. The third-order valence-corrected chi connectivity index (χ3v) is 2.60. The second kappa shape index (κ2) is 4.86. The number of nitrogens with one attached hydrogen (secondary N) is 2. The lowest BCUT2D eigenvalue weighted by Crippen LogP contribution is -2.12. The lowest BCUT2D eigenvalue weighted by Gasteiger charge is -2.17. The predicted octanol–water partition coefficient (Wildman–Crippen LogP) is 2.69. The van der Waals surface area contributed by atoms with Gasteiger partial charge in [0.2, 0.25) is 0 Å². The minimum atomic E-state index is -0.334. The zero-order valence-electron chi connectivity index (χ0n) is 9.57. The van der Waals surface area contributed by atoms with Gasteiger partial charge in [0, 0.05) is 12.4 Å². The highest BCUT2D eigenvalue weighted by molar-refractivity contribution is 5.66. The number of anilines is 2. The normalized spacial score (nSPS) is 12.4. The van der Waals surface area contributed by atoms with E-state index in [4.69, 9.17) is 5.73 Å². The summed E-state index contributed by atoms with van der Waals surface area (Å²) < 4.78 is 12.9. The number of hydrogen-bond acceptors (Lipinski definition) is 3. The van der Waals surface area contributed by atoms with Gasteiger partial charge in [-0.25, -0.2) is 9.37 Å². The largest absolute Gasteiger partial charge is 0.397 e. The van der Waals surface area contributed by atoms with Gasteiger partial charge in [0.25, 0.3) is 0 Å². The summed E-state index contributed by atoms with van der Waals surface area (Å²) in [5.41, 5.74) is 6.86. The van der Waals surface area contributed by atoms with Crippen molar-refractivity contribution in [3.8, 4) is 0 Å². The Bertz CT molecular complexity index is 481. The summed E-state index contributed by atoms with van der Waals surface area (Å²) >= 11 is 0. The molecule has 1 unspecified atom stereocenters. The minimum Gasteiger partial charge on any atom is -0.397 e. The van der Waals surface area contributed by atoms with Gasteiger partial charge in [-0.05, 0) is 24.6 Å². The van der Waals surface area contributed by atoms with Crippen LogP contribution in [0.5, 0.6) is 0 Å². The van der Waals surface area contributed by atoms with Crippen LogP contribution >= 0.6 is 0 Å². The number of aromatic amines is 1. The average molecular weight is 234 g/mol. The Morgan fingerprint density at radius 3 is 2.94 bits per heavy atom. The molecule has 90 valence electrons. The summed E-state index contributed by atoms with van der Waals surface area (Å²) in [6.45, 7) is 2.04. The van der Waals surface area contributed by atoms with Gasteiger partial charge in [-0.15, -0.1) is 0 Å². The number of benzene rings is 1. The summed E-state index contributed by atoms with van der Waals surface area (Å²) in [5, 5.41) is 3.24. The molecular weight excluding hydrogens is 219 g/mol. The standard InChI is InChI=1S/C12H15FN4/c1-2-10(12-15-5-6-16-12)17-11-4-3-8(13)7-9(11)14/h3-7,10,17H,2,14H2,1H3,(H,15,16). The van der Waals surface area contributed by atoms with Crippen LogP contribution < -0.4 is 11.1 Å². The lowest BCUT2D eigenvalue weighted by molar-refractivity contribution is 0.628. The molecule has 5 heteroatoms. The van der Waals surface area contributed by atoms with Crippen LogP contribution in [0.25, 0.3) is 0 Å². The smallest absolute Gasteiger partial charge is 0.128 e. The topological polar surface area (TPSA) is 66.7 Å². The molecule has 0 spiro atoms. The van der Waals surface area contributed by atoms with Crippen molar-refractivity contribution in [2.45, 2.75) is 19.4 Å². The van der Waals surface area contributed by atoms with Crippen LogP contribution in [0.1, 0.15) is 25.2 Å². The van der Waals surface area contributed by atoms with Crippen molar-refractivity contribution in [1.82, 2.24) is 9.97 Å². The van der Waals surface area contributed by atoms with Gasteiger partial charge in [0.1, 0.15) is 11.6 Å². The molecule has 0 bridgehead atoms. The number of nitrogens with two attached hydrogens (primary N) is 1. The number of halogens is 1. The number of rotatable bonds is 4. The summed E-state index contributed by atoms with van der Waals surface area (Å²) in [4.78, 5) is 7.25. The maximum atomic E-state index is 12.9. The predicted molar refractivity (Wildman–Crippen MR) is 66.1 cm³/mol. The van der Waals surface area contributed by atoms with Crippen LogP contribution in [-0.4, -0.2) is 9.97 Å². The first kappa shape index (κ1) is 11.4. The molecule has 1 aromatic carbocycles. The Morgan fingerprint density at radius 1 is 1.53 bits per heavy atom. The van der Waals surface area contributed by atoms with Crippen LogP contribution in [0.3, 0.4) is 0 Å². The molecular formula is C12H15FN4. The molecule has 1 atom stereocenters. The summed E-state index contributed by atoms with van der Waals surface area (Å²) in [7, 11) is 0. The van der Waals surface area contributed by atoms with E-state index in [1.807, 2.05) is 6.92 Å². The Morgan fingerprint density at radius 2 is 2.35 bits per heavy atom. The second-order valence-electron chi connectivity index (χ2n) is 3.81. The van der Waals surface area contributed by atoms with Gasteiger partial charge < -0.3 is 16.0 Å². The van der Waals surface area contributed by atoms with E-state index in [1.165, 1.54) is 12.1 Å². The zero-order valence-corrected chi connectivity index (χ0v) is 9.57. The van der Waals surface area contributed by atoms with Crippen molar-refractivity contribution >= 4 is 11.4 Å².